The summed E-state index contributed by atoms with van der Waals surface area (Å²) in [5.74, 6) is 0.585. The average molecular weight is 318 g/mol. The number of β-amino-alcohol motifs (C(OH)–C–C–N with tert-alkyl or cyclic N) is 1. The molecule has 1 aromatic carbocycles. The highest BCUT2D eigenvalue weighted by atomic mass is 16.5. The van der Waals surface area contributed by atoms with Crippen molar-refractivity contribution in [2.45, 2.75) is 12.1 Å². The lowest BCUT2D eigenvalue weighted by atomic mass is 10.1. The van der Waals surface area contributed by atoms with Crippen LogP contribution in [0.4, 0.5) is 0 Å². The quantitative estimate of drug-likeness (QED) is 0.717. The molecule has 0 saturated carbocycles. The number of ether oxygens (including phenoxy) is 1. The zero-order valence-electron chi connectivity index (χ0n) is 13.2. The van der Waals surface area contributed by atoms with Gasteiger partial charge in [0.25, 0.3) is 5.56 Å². The molecule has 0 unspecified atom stereocenters. The maximum absolute atomic E-state index is 12.1. The molecule has 1 aromatic heterocycles. The Bertz CT molecular complexity index is 723. The summed E-state index contributed by atoms with van der Waals surface area (Å²) in [4.78, 5) is 21.3. The number of aromatic amines is 1. The highest BCUT2D eigenvalue weighted by molar-refractivity contribution is 5.77. The van der Waals surface area contributed by atoms with Crippen molar-refractivity contribution in [3.8, 4) is 0 Å². The highest BCUT2D eigenvalue weighted by Gasteiger charge is 2.30. The number of aliphatic hydroxyl groups is 1. The lowest BCUT2D eigenvalue weighted by Crippen LogP contribution is -2.50. The zero-order chi connectivity index (χ0) is 16.3. The predicted octanol–water partition coefficient (Wildman–Crippen LogP) is -0.294. The summed E-state index contributed by atoms with van der Waals surface area (Å²) in [5.41, 5.74) is -0.405. The third-order valence-electron chi connectivity index (χ3n) is 3.89. The first-order chi connectivity index (χ1) is 11.1. The van der Waals surface area contributed by atoms with Crippen LogP contribution in [0, 0.1) is 0 Å². The Balaban J connectivity index is 1.72. The summed E-state index contributed by atoms with van der Waals surface area (Å²) >= 11 is 0. The van der Waals surface area contributed by atoms with Crippen molar-refractivity contribution < 1.29 is 9.84 Å². The second-order valence-corrected chi connectivity index (χ2v) is 6.16. The Morgan fingerprint density at radius 3 is 3.13 bits per heavy atom. The van der Waals surface area contributed by atoms with E-state index in [1.165, 1.54) is 0 Å². The summed E-state index contributed by atoms with van der Waals surface area (Å²) < 4.78 is 5.43. The molecule has 1 atom stereocenters. The molecule has 3 rings (SSSR count). The first-order valence-electron chi connectivity index (χ1n) is 7.73. The molecule has 1 saturated heterocycles. The molecule has 7 heteroatoms. The number of hydrogen-bond acceptors (Lipinski definition) is 6. The number of nitrogens with zero attached hydrogens (tertiary/aromatic N) is 2. The fraction of sp³-hybridized carbons (Fsp3) is 0.500. The standard InChI is InChI=1S/C16H22N4O3/c1-20(10-16(22)9-17-6-7-23-11-16)8-14-18-13-5-3-2-4-12(13)15(21)19-14/h2-5,17,22H,6-11H2,1H3,(H,18,19,21)/t16-/m0/s1. The molecular weight excluding hydrogens is 296 g/mol. The summed E-state index contributed by atoms with van der Waals surface area (Å²) in [7, 11) is 1.89. The molecule has 124 valence electrons. The minimum absolute atomic E-state index is 0.142. The van der Waals surface area contributed by atoms with E-state index >= 15 is 0 Å². The van der Waals surface area contributed by atoms with Gasteiger partial charge in [-0.05, 0) is 19.2 Å². The lowest BCUT2D eigenvalue weighted by molar-refractivity contribution is -0.0464. The molecule has 0 amide bonds. The molecular formula is C16H22N4O3. The van der Waals surface area contributed by atoms with Crippen LogP contribution in [0.3, 0.4) is 0 Å². The van der Waals surface area contributed by atoms with Crippen molar-refractivity contribution in [3.05, 3.63) is 40.4 Å². The Morgan fingerprint density at radius 2 is 2.26 bits per heavy atom. The second-order valence-electron chi connectivity index (χ2n) is 6.16. The van der Waals surface area contributed by atoms with Gasteiger partial charge in [0, 0.05) is 19.6 Å². The van der Waals surface area contributed by atoms with Gasteiger partial charge in [-0.15, -0.1) is 0 Å². The smallest absolute Gasteiger partial charge is 0.258 e. The number of H-pyrrole nitrogens is 1. The van der Waals surface area contributed by atoms with Gasteiger partial charge in [-0.25, -0.2) is 4.98 Å². The summed E-state index contributed by atoms with van der Waals surface area (Å²) in [5, 5.41) is 14.4. The number of fused-ring (bicyclic) bond motifs is 1. The largest absolute Gasteiger partial charge is 0.385 e. The van der Waals surface area contributed by atoms with Gasteiger partial charge in [-0.3, -0.25) is 9.69 Å². The molecule has 2 heterocycles. The number of benzene rings is 1. The van der Waals surface area contributed by atoms with E-state index in [4.69, 9.17) is 4.74 Å². The third-order valence-corrected chi connectivity index (χ3v) is 3.89. The van der Waals surface area contributed by atoms with Gasteiger partial charge in [-0.2, -0.15) is 0 Å². The minimum Gasteiger partial charge on any atom is -0.385 e. The van der Waals surface area contributed by atoms with Gasteiger partial charge < -0.3 is 20.1 Å². The van der Waals surface area contributed by atoms with Crippen LogP contribution >= 0.6 is 0 Å². The molecule has 1 aliphatic rings. The molecule has 1 aliphatic heterocycles. The fourth-order valence-electron chi connectivity index (χ4n) is 2.90. The molecule has 1 fully saturated rings. The van der Waals surface area contributed by atoms with Gasteiger partial charge in [0.15, 0.2) is 0 Å². The van der Waals surface area contributed by atoms with E-state index in [0.717, 1.165) is 6.54 Å². The number of rotatable bonds is 4. The molecule has 0 spiro atoms. The van der Waals surface area contributed by atoms with Crippen molar-refractivity contribution in [3.63, 3.8) is 0 Å². The van der Waals surface area contributed by atoms with Crippen LogP contribution in [0.1, 0.15) is 5.82 Å². The summed E-state index contributed by atoms with van der Waals surface area (Å²) in [6.07, 6.45) is 0. The lowest BCUT2D eigenvalue weighted by Gasteiger charge is -2.30. The van der Waals surface area contributed by atoms with Crippen LogP contribution in [0.5, 0.6) is 0 Å². The third kappa shape index (κ3) is 3.94. The normalized spacial score (nSPS) is 22.4. The topological polar surface area (TPSA) is 90.5 Å². The second kappa shape index (κ2) is 6.76. The van der Waals surface area contributed by atoms with Crippen LogP contribution in [0.2, 0.25) is 0 Å². The van der Waals surface area contributed by atoms with Gasteiger partial charge >= 0.3 is 0 Å². The van der Waals surface area contributed by atoms with Crippen LogP contribution < -0.4 is 10.9 Å². The first-order valence-corrected chi connectivity index (χ1v) is 7.73. The summed E-state index contributed by atoms with van der Waals surface area (Å²) in [6, 6.07) is 7.26. The average Bonchev–Trinajstić information content (AvgIpc) is 2.71. The summed E-state index contributed by atoms with van der Waals surface area (Å²) in [6.45, 7) is 3.00. The molecule has 0 aliphatic carbocycles. The first kappa shape index (κ1) is 16.1. The molecule has 3 N–H and O–H groups in total. The number of likely N-dealkylation sites (N-methyl/N-ethyl adjacent to an activating group) is 1. The maximum atomic E-state index is 12.1. The van der Waals surface area contributed by atoms with Gasteiger partial charge in [-0.1, -0.05) is 12.1 Å². The number of aromatic nitrogens is 2. The van der Waals surface area contributed by atoms with Gasteiger partial charge in [0.05, 0.1) is 30.7 Å². The van der Waals surface area contributed by atoms with E-state index in [-0.39, 0.29) is 5.56 Å². The van der Waals surface area contributed by atoms with Crippen molar-refractivity contribution in [2.24, 2.45) is 0 Å². The molecule has 23 heavy (non-hydrogen) atoms. The van der Waals surface area contributed by atoms with E-state index < -0.39 is 5.60 Å². The number of nitrogens with one attached hydrogen (secondary N) is 2. The van der Waals surface area contributed by atoms with Crippen LogP contribution in [-0.4, -0.2) is 65.5 Å². The van der Waals surface area contributed by atoms with E-state index in [2.05, 4.69) is 15.3 Å². The van der Waals surface area contributed by atoms with Crippen LogP contribution in [0.15, 0.2) is 29.1 Å². The van der Waals surface area contributed by atoms with Crippen molar-refractivity contribution in [1.29, 1.82) is 0 Å². The zero-order valence-corrected chi connectivity index (χ0v) is 13.2. The van der Waals surface area contributed by atoms with E-state index in [1.807, 2.05) is 30.1 Å². The fourth-order valence-corrected chi connectivity index (χ4v) is 2.90. The van der Waals surface area contributed by atoms with E-state index in [0.29, 0.717) is 49.6 Å². The SMILES string of the molecule is CN(Cc1nc2ccccc2c(=O)[nH]1)C[C@@]1(O)CNCCOC1. The Kier molecular flexibility index (Phi) is 4.72. The van der Waals surface area contributed by atoms with E-state index in [1.54, 1.807) is 6.07 Å². The minimum atomic E-state index is -0.942. The van der Waals surface area contributed by atoms with Crippen LogP contribution in [0.25, 0.3) is 10.9 Å². The number of hydrogen-bond donors (Lipinski definition) is 3. The highest BCUT2D eigenvalue weighted by Crippen LogP contribution is 2.11. The Morgan fingerprint density at radius 1 is 1.43 bits per heavy atom. The molecule has 0 bridgehead atoms. The monoisotopic (exact) mass is 318 g/mol. The van der Waals surface area contributed by atoms with Crippen molar-refractivity contribution >= 4 is 10.9 Å². The molecule has 2 aromatic rings. The van der Waals surface area contributed by atoms with Crippen molar-refractivity contribution in [2.75, 3.05) is 39.9 Å². The Labute approximate surface area is 134 Å². The predicted molar refractivity (Wildman–Crippen MR) is 87.3 cm³/mol. The van der Waals surface area contributed by atoms with Crippen LogP contribution in [-0.2, 0) is 11.3 Å². The number of para-hydroxylation sites is 1. The molecule has 7 nitrogen and oxygen atoms in total. The van der Waals surface area contributed by atoms with Crippen molar-refractivity contribution in [1.82, 2.24) is 20.2 Å². The molecule has 0 radical (unpaired) electrons. The maximum Gasteiger partial charge on any atom is 0.258 e. The van der Waals surface area contributed by atoms with E-state index in [9.17, 15) is 9.90 Å². The van der Waals surface area contributed by atoms with Gasteiger partial charge in [0.2, 0.25) is 0 Å². The Hall–Kier alpha value is -1.80. The van der Waals surface area contributed by atoms with Gasteiger partial charge in [0.1, 0.15) is 11.4 Å².